The van der Waals surface area contributed by atoms with Gasteiger partial charge in [-0.2, -0.15) is 0 Å². The van der Waals surface area contributed by atoms with E-state index in [2.05, 4.69) is 10.5 Å². The summed E-state index contributed by atoms with van der Waals surface area (Å²) in [6, 6.07) is 6.44. The molecule has 0 aliphatic rings. The van der Waals surface area contributed by atoms with Crippen LogP contribution in [0.4, 0.5) is 5.69 Å². The van der Waals surface area contributed by atoms with Crippen LogP contribution in [-0.4, -0.2) is 22.6 Å². The Balaban J connectivity index is 2.83. The van der Waals surface area contributed by atoms with Gasteiger partial charge in [0.15, 0.2) is 0 Å². The first kappa shape index (κ1) is 14.9. The quantitative estimate of drug-likeness (QED) is 0.380. The van der Waals surface area contributed by atoms with Crippen LogP contribution in [0.25, 0.3) is 0 Å². The third-order valence-electron chi connectivity index (χ3n) is 2.56. The Morgan fingerprint density at radius 1 is 1.16 bits per heavy atom. The number of ketones is 1. The molecule has 2 N–H and O–H groups in total. The number of amides is 1. The van der Waals surface area contributed by atoms with E-state index in [1.54, 1.807) is 24.3 Å². The Hall–Kier alpha value is -2.17. The van der Waals surface area contributed by atoms with Gasteiger partial charge in [0.2, 0.25) is 11.7 Å². The normalized spacial score (nSPS) is 12.1. The van der Waals surface area contributed by atoms with Gasteiger partial charge in [0.05, 0.1) is 0 Å². The number of carbonyl (C=O) groups is 2. The minimum Gasteiger partial charge on any atom is -0.411 e. The fraction of sp³-hybridized carbons (Fsp3) is 0.357. The monoisotopic (exact) mass is 262 g/mol. The van der Waals surface area contributed by atoms with Crippen LogP contribution in [0, 0.1) is 5.41 Å². The third kappa shape index (κ3) is 3.91. The predicted octanol–water partition coefficient (Wildman–Crippen LogP) is 2.70. The van der Waals surface area contributed by atoms with Crippen molar-refractivity contribution in [1.82, 2.24) is 0 Å². The molecule has 0 aliphatic carbocycles. The highest BCUT2D eigenvalue weighted by atomic mass is 16.4. The lowest BCUT2D eigenvalue weighted by Crippen LogP contribution is -2.27. The number of Topliss-reactive ketones (excluding diaryl/α,β-unsaturated/α-hetero) is 1. The summed E-state index contributed by atoms with van der Waals surface area (Å²) < 4.78 is 0. The van der Waals surface area contributed by atoms with Crippen LogP contribution in [0.15, 0.2) is 29.4 Å². The van der Waals surface area contributed by atoms with Crippen LogP contribution in [-0.2, 0) is 4.79 Å². The summed E-state index contributed by atoms with van der Waals surface area (Å²) in [5, 5.41) is 14.2. The van der Waals surface area contributed by atoms with E-state index in [0.717, 1.165) is 0 Å². The standard InChI is InChI=1S/C14H18N2O3/c1-9(16-19)12(17)10-5-7-11(8-6-10)15-13(18)14(2,3)4/h5-8,19H,1-4H3,(H,15,18)/b16-9+. The number of benzene rings is 1. The fourth-order valence-corrected chi connectivity index (χ4v) is 1.28. The molecule has 102 valence electrons. The molecular weight excluding hydrogens is 244 g/mol. The lowest BCUT2D eigenvalue weighted by atomic mass is 9.95. The van der Waals surface area contributed by atoms with E-state index >= 15 is 0 Å². The van der Waals surface area contributed by atoms with Crippen molar-refractivity contribution < 1.29 is 14.8 Å². The third-order valence-corrected chi connectivity index (χ3v) is 2.56. The van der Waals surface area contributed by atoms with E-state index in [1.807, 2.05) is 20.8 Å². The van der Waals surface area contributed by atoms with E-state index in [9.17, 15) is 9.59 Å². The number of hydrogen-bond donors (Lipinski definition) is 2. The molecule has 0 unspecified atom stereocenters. The maximum absolute atomic E-state index is 11.8. The molecule has 0 heterocycles. The van der Waals surface area contributed by atoms with Crippen LogP contribution in [0.3, 0.4) is 0 Å². The lowest BCUT2D eigenvalue weighted by Gasteiger charge is -2.17. The van der Waals surface area contributed by atoms with Gasteiger partial charge in [-0.1, -0.05) is 25.9 Å². The number of rotatable bonds is 3. The first-order chi connectivity index (χ1) is 8.75. The zero-order valence-corrected chi connectivity index (χ0v) is 11.5. The summed E-state index contributed by atoms with van der Waals surface area (Å²) in [4.78, 5) is 23.5. The molecule has 1 aromatic rings. The Labute approximate surface area is 112 Å². The zero-order valence-electron chi connectivity index (χ0n) is 11.5. The Morgan fingerprint density at radius 2 is 1.68 bits per heavy atom. The van der Waals surface area contributed by atoms with Crippen LogP contribution in [0.5, 0.6) is 0 Å². The minimum absolute atomic E-state index is 0.0199. The molecular formula is C14H18N2O3. The molecule has 0 atom stereocenters. The maximum atomic E-state index is 11.8. The number of nitrogens with zero attached hydrogens (tertiary/aromatic N) is 1. The summed E-state index contributed by atoms with van der Waals surface area (Å²) >= 11 is 0. The largest absolute Gasteiger partial charge is 0.411 e. The molecule has 1 amide bonds. The molecule has 1 aromatic carbocycles. The first-order valence-corrected chi connectivity index (χ1v) is 5.90. The van der Waals surface area contributed by atoms with Gasteiger partial charge < -0.3 is 10.5 Å². The molecule has 0 aliphatic heterocycles. The highest BCUT2D eigenvalue weighted by molar-refractivity contribution is 6.45. The molecule has 0 spiro atoms. The van der Waals surface area contributed by atoms with E-state index in [0.29, 0.717) is 11.3 Å². The Bertz CT molecular complexity index is 510. The fourth-order valence-electron chi connectivity index (χ4n) is 1.28. The summed E-state index contributed by atoms with van der Waals surface area (Å²) in [5.41, 5.74) is 0.569. The van der Waals surface area contributed by atoms with Gasteiger partial charge in [0.25, 0.3) is 0 Å². The van der Waals surface area contributed by atoms with Gasteiger partial charge in [-0.05, 0) is 31.2 Å². The molecule has 0 saturated carbocycles. The van der Waals surface area contributed by atoms with Crippen molar-refractivity contribution in [2.75, 3.05) is 5.32 Å². The maximum Gasteiger partial charge on any atom is 0.229 e. The molecule has 0 saturated heterocycles. The van der Waals surface area contributed by atoms with E-state index in [-0.39, 0.29) is 17.4 Å². The Kier molecular flexibility index (Phi) is 4.43. The summed E-state index contributed by atoms with van der Waals surface area (Å²) in [6.45, 7) is 6.89. The van der Waals surface area contributed by atoms with Crippen molar-refractivity contribution in [3.8, 4) is 0 Å². The van der Waals surface area contributed by atoms with Crippen LogP contribution < -0.4 is 5.32 Å². The zero-order chi connectivity index (χ0) is 14.6. The van der Waals surface area contributed by atoms with Crippen molar-refractivity contribution in [3.63, 3.8) is 0 Å². The van der Waals surface area contributed by atoms with Crippen molar-refractivity contribution in [3.05, 3.63) is 29.8 Å². The van der Waals surface area contributed by atoms with Gasteiger partial charge in [0.1, 0.15) is 5.71 Å². The smallest absolute Gasteiger partial charge is 0.229 e. The molecule has 0 fully saturated rings. The molecule has 5 nitrogen and oxygen atoms in total. The summed E-state index contributed by atoms with van der Waals surface area (Å²) in [5.74, 6) is -0.448. The number of oxime groups is 1. The van der Waals surface area contributed by atoms with Crippen molar-refractivity contribution in [2.45, 2.75) is 27.7 Å². The molecule has 0 bridgehead atoms. The average Bonchev–Trinajstić information content (AvgIpc) is 2.36. The Morgan fingerprint density at radius 3 is 2.11 bits per heavy atom. The van der Waals surface area contributed by atoms with E-state index in [4.69, 9.17) is 5.21 Å². The lowest BCUT2D eigenvalue weighted by molar-refractivity contribution is -0.123. The summed E-state index contributed by atoms with van der Waals surface area (Å²) in [6.07, 6.45) is 0. The van der Waals surface area contributed by atoms with Crippen molar-refractivity contribution in [1.29, 1.82) is 0 Å². The average molecular weight is 262 g/mol. The molecule has 19 heavy (non-hydrogen) atoms. The topological polar surface area (TPSA) is 78.8 Å². The van der Waals surface area contributed by atoms with Crippen LogP contribution in [0.2, 0.25) is 0 Å². The highest BCUT2D eigenvalue weighted by Crippen LogP contribution is 2.18. The van der Waals surface area contributed by atoms with Gasteiger partial charge in [-0.15, -0.1) is 0 Å². The van der Waals surface area contributed by atoms with Crippen LogP contribution >= 0.6 is 0 Å². The van der Waals surface area contributed by atoms with E-state index in [1.165, 1.54) is 6.92 Å². The second-order valence-electron chi connectivity index (χ2n) is 5.30. The molecule has 5 heteroatoms. The van der Waals surface area contributed by atoms with Crippen molar-refractivity contribution in [2.24, 2.45) is 10.6 Å². The van der Waals surface area contributed by atoms with Gasteiger partial charge in [0, 0.05) is 16.7 Å². The number of hydrogen-bond acceptors (Lipinski definition) is 4. The highest BCUT2D eigenvalue weighted by Gasteiger charge is 2.21. The number of nitrogens with one attached hydrogen (secondary N) is 1. The second kappa shape index (κ2) is 5.65. The molecule has 1 rings (SSSR count). The van der Waals surface area contributed by atoms with Gasteiger partial charge in [-0.25, -0.2) is 0 Å². The van der Waals surface area contributed by atoms with Crippen molar-refractivity contribution >= 4 is 23.1 Å². The minimum atomic E-state index is -0.478. The van der Waals surface area contributed by atoms with Gasteiger partial charge in [-0.3, -0.25) is 9.59 Å². The van der Waals surface area contributed by atoms with Crippen LogP contribution in [0.1, 0.15) is 38.1 Å². The molecule has 0 radical (unpaired) electrons. The predicted molar refractivity (Wildman–Crippen MR) is 73.8 cm³/mol. The second-order valence-corrected chi connectivity index (χ2v) is 5.30. The number of carbonyl (C=O) groups excluding carboxylic acids is 2. The van der Waals surface area contributed by atoms with Gasteiger partial charge >= 0.3 is 0 Å². The SMILES string of the molecule is C/C(=N\O)C(=O)c1ccc(NC(=O)C(C)(C)C)cc1. The van der Waals surface area contributed by atoms with E-state index < -0.39 is 5.41 Å². The molecule has 0 aromatic heterocycles. The first-order valence-electron chi connectivity index (χ1n) is 5.90. The summed E-state index contributed by atoms with van der Waals surface area (Å²) in [7, 11) is 0. The number of anilines is 1.